The van der Waals surface area contributed by atoms with Crippen LogP contribution in [0.25, 0.3) is 0 Å². The summed E-state index contributed by atoms with van der Waals surface area (Å²) in [6.07, 6.45) is 10.1. The SMILES string of the molecule is C=C/C=C/C(C)(C)/C=C/C. The lowest BCUT2D eigenvalue weighted by molar-refractivity contribution is 0.625. The molecule has 0 rings (SSSR count). The standard InChI is InChI=1S/C10H16/c1-5-7-9-10(3,4)8-6-2/h5-9H,1H2,2-4H3/b8-6+,9-7+. The molecule has 0 aromatic rings. The highest BCUT2D eigenvalue weighted by molar-refractivity contribution is 5.10. The molecule has 0 aliphatic heterocycles. The molecule has 0 aromatic heterocycles. The lowest BCUT2D eigenvalue weighted by Gasteiger charge is -2.12. The molecule has 10 heavy (non-hydrogen) atoms. The zero-order chi connectivity index (χ0) is 8.04. The first-order valence-electron chi connectivity index (χ1n) is 3.56. The van der Waals surface area contributed by atoms with Crippen LogP contribution in [0.3, 0.4) is 0 Å². The molecule has 0 unspecified atom stereocenters. The van der Waals surface area contributed by atoms with Crippen LogP contribution in [0, 0.1) is 5.41 Å². The van der Waals surface area contributed by atoms with Gasteiger partial charge in [-0.3, -0.25) is 0 Å². The summed E-state index contributed by atoms with van der Waals surface area (Å²) >= 11 is 0. The Hall–Kier alpha value is -0.780. The second kappa shape index (κ2) is 4.10. The first-order chi connectivity index (χ1) is 4.62. The minimum absolute atomic E-state index is 0.170. The van der Waals surface area contributed by atoms with Gasteiger partial charge in [0.2, 0.25) is 0 Å². The van der Waals surface area contributed by atoms with Crippen molar-refractivity contribution in [3.63, 3.8) is 0 Å². The summed E-state index contributed by atoms with van der Waals surface area (Å²) in [6, 6.07) is 0. The van der Waals surface area contributed by atoms with Crippen LogP contribution in [0.15, 0.2) is 37.0 Å². The molecule has 0 saturated heterocycles. The Labute approximate surface area is 64.0 Å². The van der Waals surface area contributed by atoms with Crippen LogP contribution in [-0.4, -0.2) is 0 Å². The van der Waals surface area contributed by atoms with Gasteiger partial charge in [-0.25, -0.2) is 0 Å². The lowest BCUT2D eigenvalue weighted by Crippen LogP contribution is -2.00. The van der Waals surface area contributed by atoms with Crippen molar-refractivity contribution in [3.05, 3.63) is 37.0 Å². The van der Waals surface area contributed by atoms with Crippen LogP contribution < -0.4 is 0 Å². The molecule has 0 fully saturated rings. The fourth-order valence-electron chi connectivity index (χ4n) is 0.801. The molecule has 0 spiro atoms. The van der Waals surface area contributed by atoms with Crippen LogP contribution in [0.2, 0.25) is 0 Å². The van der Waals surface area contributed by atoms with E-state index in [1.165, 1.54) is 0 Å². The van der Waals surface area contributed by atoms with E-state index in [2.05, 4.69) is 38.7 Å². The van der Waals surface area contributed by atoms with E-state index in [-0.39, 0.29) is 5.41 Å². The molecule has 0 aliphatic rings. The van der Waals surface area contributed by atoms with E-state index in [0.717, 1.165) is 0 Å². The Morgan fingerprint density at radius 2 is 1.80 bits per heavy atom. The van der Waals surface area contributed by atoms with Gasteiger partial charge in [-0.2, -0.15) is 0 Å². The van der Waals surface area contributed by atoms with Gasteiger partial charge in [-0.1, -0.05) is 50.8 Å². The Morgan fingerprint density at radius 1 is 1.20 bits per heavy atom. The number of hydrogen-bond acceptors (Lipinski definition) is 0. The summed E-state index contributed by atoms with van der Waals surface area (Å²) in [5.41, 5.74) is 0.170. The van der Waals surface area contributed by atoms with Crippen molar-refractivity contribution in [2.45, 2.75) is 20.8 Å². The molecule has 0 saturated carbocycles. The Bertz CT molecular complexity index is 147. The molecular formula is C10H16. The van der Waals surface area contributed by atoms with Crippen molar-refractivity contribution < 1.29 is 0 Å². The van der Waals surface area contributed by atoms with Crippen molar-refractivity contribution in [3.8, 4) is 0 Å². The zero-order valence-electron chi connectivity index (χ0n) is 7.09. The molecule has 0 nitrogen and oxygen atoms in total. The predicted molar refractivity (Wildman–Crippen MR) is 47.9 cm³/mol. The van der Waals surface area contributed by atoms with Crippen molar-refractivity contribution >= 4 is 0 Å². The number of hydrogen-bond donors (Lipinski definition) is 0. The van der Waals surface area contributed by atoms with Crippen LogP contribution in [-0.2, 0) is 0 Å². The molecule has 56 valence electrons. The molecule has 0 heterocycles. The van der Waals surface area contributed by atoms with Crippen molar-refractivity contribution in [1.82, 2.24) is 0 Å². The maximum atomic E-state index is 3.61. The second-order valence-electron chi connectivity index (χ2n) is 2.92. The molecular weight excluding hydrogens is 120 g/mol. The van der Waals surface area contributed by atoms with E-state index in [0.29, 0.717) is 0 Å². The average molecular weight is 136 g/mol. The van der Waals surface area contributed by atoms with Gasteiger partial charge in [-0.15, -0.1) is 0 Å². The van der Waals surface area contributed by atoms with E-state index in [1.54, 1.807) is 6.08 Å². The van der Waals surface area contributed by atoms with Gasteiger partial charge in [0.15, 0.2) is 0 Å². The third kappa shape index (κ3) is 4.13. The fraction of sp³-hybridized carbons (Fsp3) is 0.400. The first kappa shape index (κ1) is 9.22. The monoisotopic (exact) mass is 136 g/mol. The molecule has 0 radical (unpaired) electrons. The maximum absolute atomic E-state index is 3.61. The minimum Gasteiger partial charge on any atom is -0.0991 e. The number of rotatable bonds is 3. The molecule has 0 aromatic carbocycles. The van der Waals surface area contributed by atoms with Gasteiger partial charge in [0.1, 0.15) is 0 Å². The predicted octanol–water partition coefficient (Wildman–Crippen LogP) is 3.33. The van der Waals surface area contributed by atoms with Crippen molar-refractivity contribution in [2.24, 2.45) is 5.41 Å². The van der Waals surface area contributed by atoms with Gasteiger partial charge in [-0.05, 0) is 6.92 Å². The summed E-state index contributed by atoms with van der Waals surface area (Å²) in [4.78, 5) is 0. The van der Waals surface area contributed by atoms with Gasteiger partial charge >= 0.3 is 0 Å². The zero-order valence-corrected chi connectivity index (χ0v) is 7.09. The normalized spacial score (nSPS) is 13.1. The quantitative estimate of drug-likeness (QED) is 0.412. The largest absolute Gasteiger partial charge is 0.0991 e. The lowest BCUT2D eigenvalue weighted by atomic mass is 9.92. The summed E-state index contributed by atoms with van der Waals surface area (Å²) in [6.45, 7) is 9.96. The van der Waals surface area contributed by atoms with E-state index in [1.807, 2.05) is 13.0 Å². The Morgan fingerprint density at radius 3 is 2.20 bits per heavy atom. The highest BCUT2D eigenvalue weighted by Crippen LogP contribution is 2.18. The third-order valence-electron chi connectivity index (χ3n) is 1.26. The van der Waals surface area contributed by atoms with Gasteiger partial charge in [0, 0.05) is 5.41 Å². The highest BCUT2D eigenvalue weighted by atomic mass is 14.1. The van der Waals surface area contributed by atoms with Gasteiger partial charge < -0.3 is 0 Å². The van der Waals surface area contributed by atoms with Crippen LogP contribution in [0.1, 0.15) is 20.8 Å². The summed E-state index contributed by atoms with van der Waals surface area (Å²) < 4.78 is 0. The molecule has 0 N–H and O–H groups in total. The van der Waals surface area contributed by atoms with Crippen LogP contribution >= 0.6 is 0 Å². The summed E-state index contributed by atoms with van der Waals surface area (Å²) in [5, 5.41) is 0. The van der Waals surface area contributed by atoms with E-state index >= 15 is 0 Å². The van der Waals surface area contributed by atoms with Crippen LogP contribution in [0.4, 0.5) is 0 Å². The number of allylic oxidation sites excluding steroid dienone is 5. The van der Waals surface area contributed by atoms with Crippen molar-refractivity contribution in [2.75, 3.05) is 0 Å². The fourth-order valence-corrected chi connectivity index (χ4v) is 0.801. The maximum Gasteiger partial charge on any atom is 0.000741 e. The highest BCUT2D eigenvalue weighted by Gasteiger charge is 2.05. The molecule has 0 heteroatoms. The molecule has 0 bridgehead atoms. The first-order valence-corrected chi connectivity index (χ1v) is 3.56. The summed E-state index contributed by atoms with van der Waals surface area (Å²) in [7, 11) is 0. The molecule has 0 atom stereocenters. The minimum atomic E-state index is 0.170. The smallest absolute Gasteiger partial charge is 0.000741 e. The van der Waals surface area contributed by atoms with Crippen molar-refractivity contribution in [1.29, 1.82) is 0 Å². The average Bonchev–Trinajstić information content (AvgIpc) is 1.84. The van der Waals surface area contributed by atoms with E-state index < -0.39 is 0 Å². The van der Waals surface area contributed by atoms with E-state index in [4.69, 9.17) is 0 Å². The Kier molecular flexibility index (Phi) is 3.78. The topological polar surface area (TPSA) is 0 Å². The van der Waals surface area contributed by atoms with Gasteiger partial charge in [0.05, 0.1) is 0 Å². The van der Waals surface area contributed by atoms with Gasteiger partial charge in [0.25, 0.3) is 0 Å². The third-order valence-corrected chi connectivity index (χ3v) is 1.26. The van der Waals surface area contributed by atoms with E-state index in [9.17, 15) is 0 Å². The van der Waals surface area contributed by atoms with Crippen LogP contribution in [0.5, 0.6) is 0 Å². The molecule has 0 amide bonds. The molecule has 0 aliphatic carbocycles. The summed E-state index contributed by atoms with van der Waals surface area (Å²) in [5.74, 6) is 0. The second-order valence-corrected chi connectivity index (χ2v) is 2.92. The Balaban J connectivity index is 4.10.